The number of benzene rings is 1. The highest BCUT2D eigenvalue weighted by atomic mass is 32.1. The summed E-state index contributed by atoms with van der Waals surface area (Å²) in [7, 11) is 0. The Bertz CT molecular complexity index is 728. The summed E-state index contributed by atoms with van der Waals surface area (Å²) in [6.07, 6.45) is 2.32. The number of halogens is 1. The van der Waals surface area contributed by atoms with Crippen molar-refractivity contribution in [1.82, 2.24) is 5.32 Å². The lowest BCUT2D eigenvalue weighted by atomic mass is 10.0. The van der Waals surface area contributed by atoms with Crippen molar-refractivity contribution in [1.29, 1.82) is 0 Å². The average molecular weight is 346 g/mol. The second kappa shape index (κ2) is 7.34. The van der Waals surface area contributed by atoms with Crippen LogP contribution in [0.25, 0.3) is 0 Å². The third-order valence-electron chi connectivity index (χ3n) is 4.36. The molecule has 1 aliphatic rings. The van der Waals surface area contributed by atoms with Crippen molar-refractivity contribution in [3.8, 4) is 0 Å². The Morgan fingerprint density at radius 3 is 2.92 bits per heavy atom. The molecule has 128 valence electrons. The molecule has 3 rings (SSSR count). The van der Waals surface area contributed by atoms with Crippen LogP contribution in [-0.4, -0.2) is 25.0 Å². The number of anilines is 1. The minimum absolute atomic E-state index is 0.0495. The van der Waals surface area contributed by atoms with Crippen LogP contribution in [0.3, 0.4) is 0 Å². The number of nitrogens with one attached hydrogen (secondary N) is 1. The van der Waals surface area contributed by atoms with Gasteiger partial charge in [-0.05, 0) is 56.5 Å². The zero-order valence-corrected chi connectivity index (χ0v) is 15.0. The predicted molar refractivity (Wildman–Crippen MR) is 97.3 cm³/mol. The number of hydrogen-bond donors (Lipinski definition) is 1. The Morgan fingerprint density at radius 1 is 1.33 bits per heavy atom. The Labute approximate surface area is 146 Å². The molecular formula is C19H23FN2OS. The molecule has 1 amide bonds. The predicted octanol–water partition coefficient (Wildman–Crippen LogP) is 3.83. The van der Waals surface area contributed by atoms with Crippen LogP contribution in [0.15, 0.2) is 30.3 Å². The molecule has 1 aliphatic heterocycles. The average Bonchev–Trinajstić information content (AvgIpc) is 2.94. The Kier molecular flexibility index (Phi) is 5.19. The largest absolute Gasteiger partial charge is 0.367 e. The fourth-order valence-electron chi connectivity index (χ4n) is 3.20. The van der Waals surface area contributed by atoms with E-state index in [1.54, 1.807) is 17.4 Å². The number of nitrogens with zero attached hydrogens (tertiary/aromatic N) is 1. The molecule has 24 heavy (non-hydrogen) atoms. The zero-order valence-electron chi connectivity index (χ0n) is 14.1. The first-order chi connectivity index (χ1) is 11.5. The summed E-state index contributed by atoms with van der Waals surface area (Å²) in [6.45, 7) is 5.50. The molecule has 1 aromatic carbocycles. The molecule has 5 heteroatoms. The summed E-state index contributed by atoms with van der Waals surface area (Å²) in [6, 6.07) is 9.31. The van der Waals surface area contributed by atoms with E-state index in [0.717, 1.165) is 29.8 Å². The summed E-state index contributed by atoms with van der Waals surface area (Å²) < 4.78 is 14.1. The van der Waals surface area contributed by atoms with E-state index in [2.05, 4.69) is 5.32 Å². The van der Waals surface area contributed by atoms with Gasteiger partial charge in [0.15, 0.2) is 0 Å². The first-order valence-electron chi connectivity index (χ1n) is 8.37. The second-order valence-electron chi connectivity index (χ2n) is 6.50. The van der Waals surface area contributed by atoms with E-state index in [9.17, 15) is 9.18 Å². The summed E-state index contributed by atoms with van der Waals surface area (Å²) in [5.41, 5.74) is 1.69. The molecule has 2 aromatic rings. The normalized spacial score (nSPS) is 17.8. The Morgan fingerprint density at radius 2 is 2.17 bits per heavy atom. The lowest BCUT2D eigenvalue weighted by Gasteiger charge is -2.35. The van der Waals surface area contributed by atoms with Gasteiger partial charge in [0.05, 0.1) is 12.1 Å². The fraction of sp³-hybridized carbons (Fsp3) is 0.421. The molecule has 0 aliphatic carbocycles. The van der Waals surface area contributed by atoms with Crippen LogP contribution in [-0.2, 0) is 11.2 Å². The molecule has 1 unspecified atom stereocenters. The first-order valence-corrected chi connectivity index (χ1v) is 9.18. The van der Waals surface area contributed by atoms with E-state index in [4.69, 9.17) is 0 Å². The molecule has 0 saturated carbocycles. The van der Waals surface area contributed by atoms with Crippen LogP contribution in [0.1, 0.15) is 28.2 Å². The minimum atomic E-state index is -0.193. The van der Waals surface area contributed by atoms with E-state index < -0.39 is 0 Å². The summed E-state index contributed by atoms with van der Waals surface area (Å²) in [5.74, 6) is -0.143. The van der Waals surface area contributed by atoms with Crippen LogP contribution in [0.2, 0.25) is 0 Å². The van der Waals surface area contributed by atoms with Crippen LogP contribution in [0.5, 0.6) is 0 Å². The standard InChI is InChI=1S/C19H23FN2OS/c1-13-5-8-17(20)18(10-13)22-9-3-4-15(12-22)21-19(23)11-16-7-6-14(2)24-16/h5-8,10,15H,3-4,9,11-12H2,1-2H3,(H,21,23). The van der Waals surface area contributed by atoms with E-state index >= 15 is 0 Å². The van der Waals surface area contributed by atoms with Gasteiger partial charge >= 0.3 is 0 Å². The molecule has 1 aromatic heterocycles. The number of rotatable bonds is 4. The zero-order chi connectivity index (χ0) is 17.1. The van der Waals surface area contributed by atoms with Gasteiger partial charge in [0.2, 0.25) is 5.91 Å². The smallest absolute Gasteiger partial charge is 0.225 e. The lowest BCUT2D eigenvalue weighted by Crippen LogP contribution is -2.48. The van der Waals surface area contributed by atoms with E-state index in [1.807, 2.05) is 36.9 Å². The van der Waals surface area contributed by atoms with Crippen LogP contribution in [0.4, 0.5) is 10.1 Å². The fourth-order valence-corrected chi connectivity index (χ4v) is 4.08. The van der Waals surface area contributed by atoms with Crippen molar-refractivity contribution in [3.05, 3.63) is 51.5 Å². The van der Waals surface area contributed by atoms with Crippen LogP contribution >= 0.6 is 11.3 Å². The molecule has 2 heterocycles. The van der Waals surface area contributed by atoms with Crippen molar-refractivity contribution in [2.24, 2.45) is 0 Å². The monoisotopic (exact) mass is 346 g/mol. The van der Waals surface area contributed by atoms with Gasteiger partial charge in [0.25, 0.3) is 0 Å². The number of amides is 1. The highest BCUT2D eigenvalue weighted by molar-refractivity contribution is 7.12. The number of piperidine rings is 1. The highest BCUT2D eigenvalue weighted by Gasteiger charge is 2.23. The van der Waals surface area contributed by atoms with Gasteiger partial charge in [-0.2, -0.15) is 0 Å². The highest BCUT2D eigenvalue weighted by Crippen LogP contribution is 2.24. The second-order valence-corrected chi connectivity index (χ2v) is 7.87. The molecule has 1 fully saturated rings. The molecular weight excluding hydrogens is 323 g/mol. The van der Waals surface area contributed by atoms with Crippen molar-refractivity contribution in [2.45, 2.75) is 39.2 Å². The Balaban J connectivity index is 1.61. The third-order valence-corrected chi connectivity index (χ3v) is 5.36. The van der Waals surface area contributed by atoms with Crippen LogP contribution < -0.4 is 10.2 Å². The van der Waals surface area contributed by atoms with Crippen molar-refractivity contribution in [3.63, 3.8) is 0 Å². The molecule has 0 radical (unpaired) electrons. The minimum Gasteiger partial charge on any atom is -0.367 e. The molecule has 0 spiro atoms. The molecule has 1 N–H and O–H groups in total. The summed E-state index contributed by atoms with van der Waals surface area (Å²) >= 11 is 1.66. The van der Waals surface area contributed by atoms with E-state index in [1.165, 1.54) is 10.9 Å². The maximum atomic E-state index is 14.1. The molecule has 1 atom stereocenters. The quantitative estimate of drug-likeness (QED) is 0.912. The van der Waals surface area contributed by atoms with Gasteiger partial charge in [-0.1, -0.05) is 6.07 Å². The lowest BCUT2D eigenvalue weighted by molar-refractivity contribution is -0.121. The maximum absolute atomic E-state index is 14.1. The summed E-state index contributed by atoms with van der Waals surface area (Å²) in [5, 5.41) is 3.11. The number of carbonyl (C=O) groups excluding carboxylic acids is 1. The first kappa shape index (κ1) is 17.0. The SMILES string of the molecule is Cc1ccc(F)c(N2CCCC(NC(=O)Cc3ccc(C)s3)C2)c1. The molecule has 3 nitrogen and oxygen atoms in total. The van der Waals surface area contributed by atoms with Gasteiger partial charge in [-0.3, -0.25) is 4.79 Å². The van der Waals surface area contributed by atoms with Crippen LogP contribution in [0, 0.1) is 19.7 Å². The maximum Gasteiger partial charge on any atom is 0.225 e. The topological polar surface area (TPSA) is 32.3 Å². The molecule has 0 bridgehead atoms. The van der Waals surface area contributed by atoms with Gasteiger partial charge in [-0.25, -0.2) is 4.39 Å². The number of thiophene rings is 1. The van der Waals surface area contributed by atoms with Gasteiger partial charge in [0, 0.05) is 28.9 Å². The van der Waals surface area contributed by atoms with Gasteiger partial charge < -0.3 is 10.2 Å². The molecule has 1 saturated heterocycles. The van der Waals surface area contributed by atoms with Crippen molar-refractivity contribution in [2.75, 3.05) is 18.0 Å². The number of hydrogen-bond acceptors (Lipinski definition) is 3. The van der Waals surface area contributed by atoms with Crippen molar-refractivity contribution < 1.29 is 9.18 Å². The summed E-state index contributed by atoms with van der Waals surface area (Å²) in [4.78, 5) is 16.6. The Hall–Kier alpha value is -1.88. The van der Waals surface area contributed by atoms with E-state index in [0.29, 0.717) is 18.7 Å². The number of carbonyl (C=O) groups is 1. The van der Waals surface area contributed by atoms with E-state index in [-0.39, 0.29) is 17.8 Å². The third kappa shape index (κ3) is 4.15. The van der Waals surface area contributed by atoms with Gasteiger partial charge in [-0.15, -0.1) is 11.3 Å². The number of aryl methyl sites for hydroxylation is 2. The van der Waals surface area contributed by atoms with Crippen molar-refractivity contribution >= 4 is 22.9 Å². The van der Waals surface area contributed by atoms with Gasteiger partial charge in [0.1, 0.15) is 5.82 Å².